The van der Waals surface area contributed by atoms with Gasteiger partial charge in [-0.05, 0) is 76.2 Å². The summed E-state index contributed by atoms with van der Waals surface area (Å²) in [6, 6.07) is 8.01. The standard InChI is InChI=1S/C41H27ClO11/c1-40(2)14-12-16-21(52-40)9-6-18-24(16)36(47)38(49)29(33(18)44)27-28(35(46)26-20(32(27)43)8-11-23(51-5)31(26)42)30-34(45)19-7-10-22-17(13-15-41(3,4)53-22)25(19)37(48)39(30)50/h6-15,49-50H,1-5H3. The van der Waals surface area contributed by atoms with Crippen molar-refractivity contribution in [2.75, 3.05) is 7.11 Å². The highest BCUT2D eigenvalue weighted by Gasteiger charge is 2.48. The molecule has 3 aromatic carbocycles. The molecule has 11 nitrogen and oxygen atoms in total. The van der Waals surface area contributed by atoms with Gasteiger partial charge in [0.15, 0.2) is 34.7 Å². The monoisotopic (exact) mass is 730 g/mol. The van der Waals surface area contributed by atoms with Gasteiger partial charge in [-0.15, -0.1) is 0 Å². The van der Waals surface area contributed by atoms with Crippen molar-refractivity contribution in [2.45, 2.75) is 38.9 Å². The van der Waals surface area contributed by atoms with Crippen LogP contribution in [0.2, 0.25) is 5.02 Å². The Balaban J connectivity index is 1.40. The number of hydrogen-bond donors (Lipinski definition) is 2. The minimum Gasteiger partial charge on any atom is -0.504 e. The zero-order valence-corrected chi connectivity index (χ0v) is 29.5. The van der Waals surface area contributed by atoms with Crippen LogP contribution in [0, 0.1) is 0 Å². The van der Waals surface area contributed by atoms with E-state index < -0.39 is 85.3 Å². The topological polar surface area (TPSA) is 171 Å². The number of ether oxygens (including phenoxy) is 3. The number of hydrogen-bond acceptors (Lipinski definition) is 11. The summed E-state index contributed by atoms with van der Waals surface area (Å²) in [6.07, 6.45) is 6.50. The van der Waals surface area contributed by atoms with Crippen LogP contribution in [-0.2, 0) is 0 Å². The van der Waals surface area contributed by atoms with Gasteiger partial charge in [0.2, 0.25) is 11.6 Å². The number of rotatable bonds is 3. The van der Waals surface area contributed by atoms with E-state index in [1.54, 1.807) is 52.0 Å². The first-order valence-electron chi connectivity index (χ1n) is 16.3. The normalized spacial score (nSPS) is 19.4. The number of Topliss-reactive ketones (excluding diaryl/α,β-unsaturated/α-hetero) is 6. The first-order chi connectivity index (χ1) is 25.0. The maximum atomic E-state index is 14.7. The van der Waals surface area contributed by atoms with E-state index in [-0.39, 0.29) is 61.2 Å². The van der Waals surface area contributed by atoms with Gasteiger partial charge >= 0.3 is 0 Å². The largest absolute Gasteiger partial charge is 0.504 e. The van der Waals surface area contributed by atoms with Gasteiger partial charge in [0, 0.05) is 50.1 Å². The average molecular weight is 731 g/mol. The molecule has 53 heavy (non-hydrogen) atoms. The van der Waals surface area contributed by atoms with Gasteiger partial charge in [-0.2, -0.15) is 0 Å². The molecule has 12 heteroatoms. The molecule has 0 bridgehead atoms. The van der Waals surface area contributed by atoms with Gasteiger partial charge in [0.05, 0.1) is 28.8 Å². The molecule has 264 valence electrons. The molecule has 5 aliphatic rings. The zero-order valence-electron chi connectivity index (χ0n) is 28.7. The Morgan fingerprint density at radius 3 is 1.40 bits per heavy atom. The average Bonchev–Trinajstić information content (AvgIpc) is 3.10. The van der Waals surface area contributed by atoms with Crippen LogP contribution in [0.1, 0.15) is 101 Å². The van der Waals surface area contributed by atoms with Crippen LogP contribution in [-0.4, -0.2) is 63.2 Å². The summed E-state index contributed by atoms with van der Waals surface area (Å²) in [5.74, 6) is -8.38. The van der Waals surface area contributed by atoms with Gasteiger partial charge in [-0.3, -0.25) is 28.8 Å². The summed E-state index contributed by atoms with van der Waals surface area (Å²) >= 11 is 6.57. The lowest BCUT2D eigenvalue weighted by molar-refractivity contribution is 0.0911. The third-order valence-electron chi connectivity index (χ3n) is 9.76. The van der Waals surface area contributed by atoms with Crippen molar-refractivity contribution < 1.29 is 53.2 Å². The Morgan fingerprint density at radius 2 is 0.943 bits per heavy atom. The second kappa shape index (κ2) is 11.1. The van der Waals surface area contributed by atoms with E-state index in [2.05, 4.69) is 0 Å². The molecule has 0 saturated heterocycles. The molecule has 0 aromatic heterocycles. The number of fused-ring (bicyclic) bond motifs is 7. The van der Waals surface area contributed by atoms with Crippen LogP contribution in [0.15, 0.2) is 82.4 Å². The van der Waals surface area contributed by atoms with Crippen LogP contribution >= 0.6 is 11.6 Å². The van der Waals surface area contributed by atoms with E-state index in [0.717, 1.165) is 0 Å². The van der Waals surface area contributed by atoms with Crippen molar-refractivity contribution in [1.29, 1.82) is 0 Å². The molecule has 0 saturated carbocycles. The van der Waals surface area contributed by atoms with Crippen LogP contribution in [0.5, 0.6) is 17.2 Å². The van der Waals surface area contributed by atoms with Crippen molar-refractivity contribution in [3.05, 3.63) is 132 Å². The van der Waals surface area contributed by atoms with Gasteiger partial charge in [0.1, 0.15) is 28.5 Å². The molecular formula is C41H27ClO11. The van der Waals surface area contributed by atoms with Crippen LogP contribution < -0.4 is 14.2 Å². The van der Waals surface area contributed by atoms with Crippen LogP contribution in [0.25, 0.3) is 12.2 Å². The van der Waals surface area contributed by atoms with Crippen molar-refractivity contribution in [1.82, 2.24) is 0 Å². The second-order valence-corrected chi connectivity index (χ2v) is 14.4. The number of allylic oxidation sites excluding steroid dienone is 6. The summed E-state index contributed by atoms with van der Waals surface area (Å²) in [5, 5.41) is 22.9. The quantitative estimate of drug-likeness (QED) is 0.280. The highest BCUT2D eigenvalue weighted by Crippen LogP contribution is 2.47. The number of halogens is 1. The maximum absolute atomic E-state index is 14.7. The lowest BCUT2D eigenvalue weighted by Crippen LogP contribution is -2.35. The van der Waals surface area contributed by atoms with Crippen molar-refractivity contribution in [3.8, 4) is 17.2 Å². The molecule has 0 atom stereocenters. The summed E-state index contributed by atoms with van der Waals surface area (Å²) < 4.78 is 17.2. The lowest BCUT2D eigenvalue weighted by Gasteiger charge is -2.32. The SMILES string of the molecule is COc1ccc2c(c1Cl)C(=O)C(C1=C(O)C(=O)c3c(ccc4c3C=CC(C)(C)O4)C1=O)=C(C1=C(O)C(=O)c3c(ccc4c3C=CC(C)(C)O4)C1=O)C2=O. The van der Waals surface area contributed by atoms with E-state index in [4.69, 9.17) is 25.8 Å². The van der Waals surface area contributed by atoms with Crippen molar-refractivity contribution in [3.63, 3.8) is 0 Å². The molecule has 2 aliphatic heterocycles. The molecule has 3 aliphatic carbocycles. The van der Waals surface area contributed by atoms with Crippen LogP contribution in [0.4, 0.5) is 0 Å². The molecular weight excluding hydrogens is 704 g/mol. The molecule has 0 unspecified atom stereocenters. The van der Waals surface area contributed by atoms with Crippen LogP contribution in [0.3, 0.4) is 0 Å². The van der Waals surface area contributed by atoms with E-state index in [9.17, 15) is 39.0 Å². The number of carbonyl (C=O) groups excluding carboxylic acids is 6. The zero-order chi connectivity index (χ0) is 38.0. The summed E-state index contributed by atoms with van der Waals surface area (Å²) in [7, 11) is 1.27. The van der Waals surface area contributed by atoms with Gasteiger partial charge in [-0.1, -0.05) is 23.8 Å². The molecule has 0 amide bonds. The third-order valence-corrected chi connectivity index (χ3v) is 10.1. The van der Waals surface area contributed by atoms with Crippen molar-refractivity contribution >= 4 is 58.5 Å². The van der Waals surface area contributed by atoms with Crippen molar-refractivity contribution in [2.24, 2.45) is 0 Å². The predicted molar refractivity (Wildman–Crippen MR) is 191 cm³/mol. The number of aliphatic hydroxyl groups is 2. The molecule has 3 aromatic rings. The maximum Gasteiger partial charge on any atom is 0.229 e. The Labute approximate surface area is 306 Å². The Morgan fingerprint density at radius 1 is 0.547 bits per heavy atom. The highest BCUT2D eigenvalue weighted by molar-refractivity contribution is 6.45. The smallest absolute Gasteiger partial charge is 0.229 e. The number of ketones is 6. The van der Waals surface area contributed by atoms with Gasteiger partial charge < -0.3 is 24.4 Å². The fraction of sp³-hybridized carbons (Fsp3) is 0.171. The van der Waals surface area contributed by atoms with Gasteiger partial charge in [-0.25, -0.2) is 0 Å². The minimum atomic E-state index is -1.21. The lowest BCUT2D eigenvalue weighted by atomic mass is 9.71. The first-order valence-corrected chi connectivity index (χ1v) is 16.7. The Kier molecular flexibility index (Phi) is 7.07. The van der Waals surface area contributed by atoms with E-state index in [1.807, 2.05) is 0 Å². The van der Waals surface area contributed by atoms with Gasteiger partial charge in [0.25, 0.3) is 0 Å². The molecule has 0 fully saturated rings. The minimum absolute atomic E-state index is 0.0200. The third kappa shape index (κ3) is 4.66. The number of carbonyl (C=O) groups is 6. The van der Waals surface area contributed by atoms with E-state index in [1.165, 1.54) is 43.5 Å². The number of aliphatic hydroxyl groups excluding tert-OH is 2. The fourth-order valence-electron chi connectivity index (χ4n) is 7.28. The summed E-state index contributed by atoms with van der Waals surface area (Å²) in [5.41, 5.74) is -6.32. The highest BCUT2D eigenvalue weighted by atomic mass is 35.5. The van der Waals surface area contributed by atoms with E-state index in [0.29, 0.717) is 0 Å². The summed E-state index contributed by atoms with van der Waals surface area (Å²) in [6.45, 7) is 7.14. The summed E-state index contributed by atoms with van der Waals surface area (Å²) in [4.78, 5) is 86.3. The number of methoxy groups -OCH3 is 1. The van der Waals surface area contributed by atoms with E-state index >= 15 is 0 Å². The molecule has 0 spiro atoms. The first kappa shape index (κ1) is 33.8. The Bertz CT molecular complexity index is 2570. The predicted octanol–water partition coefficient (Wildman–Crippen LogP) is 7.18. The fourth-order valence-corrected chi connectivity index (χ4v) is 7.61. The second-order valence-electron chi connectivity index (χ2n) is 14.1. The molecule has 0 radical (unpaired) electrons. The molecule has 8 rings (SSSR count). The Hall–Kier alpha value is -6.33. The molecule has 2 heterocycles. The number of benzene rings is 3. The molecule has 2 N–H and O–H groups in total.